The number of hydrogen-bond donors (Lipinski definition) is 1. The molecule has 28 heavy (non-hydrogen) atoms. The molecule has 146 valence electrons. The largest absolute Gasteiger partial charge is 0.497 e. The summed E-state index contributed by atoms with van der Waals surface area (Å²) in [4.78, 5) is 27.6. The number of methoxy groups -OCH3 is 1. The highest BCUT2D eigenvalue weighted by molar-refractivity contribution is 5.95. The van der Waals surface area contributed by atoms with Crippen molar-refractivity contribution in [2.45, 2.75) is 43.7 Å². The SMILES string of the molecule is COc1cccc([C@@H]2CN(C(=O)c3ccccc3)[C@@H]3CCCCC(=O)N[C@H]32)c1. The molecule has 2 aliphatic heterocycles. The Morgan fingerprint density at radius 2 is 1.93 bits per heavy atom. The van der Waals surface area contributed by atoms with E-state index in [4.69, 9.17) is 4.74 Å². The van der Waals surface area contributed by atoms with Gasteiger partial charge in [-0.2, -0.15) is 0 Å². The molecular formula is C23H26N2O3. The summed E-state index contributed by atoms with van der Waals surface area (Å²) >= 11 is 0. The molecule has 2 saturated heterocycles. The van der Waals surface area contributed by atoms with Crippen molar-refractivity contribution in [3.05, 3.63) is 65.7 Å². The van der Waals surface area contributed by atoms with Crippen LogP contribution in [0, 0.1) is 0 Å². The fourth-order valence-corrected chi connectivity index (χ4v) is 4.52. The van der Waals surface area contributed by atoms with E-state index in [2.05, 4.69) is 11.4 Å². The third kappa shape index (κ3) is 3.61. The van der Waals surface area contributed by atoms with Crippen molar-refractivity contribution in [1.29, 1.82) is 0 Å². The first-order valence-corrected chi connectivity index (χ1v) is 9.96. The average molecular weight is 378 g/mol. The number of rotatable bonds is 3. The van der Waals surface area contributed by atoms with Crippen LogP contribution in [0.15, 0.2) is 54.6 Å². The van der Waals surface area contributed by atoms with Gasteiger partial charge in [0.15, 0.2) is 0 Å². The highest BCUT2D eigenvalue weighted by Gasteiger charge is 2.45. The number of carbonyl (C=O) groups excluding carboxylic acids is 2. The molecule has 0 radical (unpaired) electrons. The van der Waals surface area contributed by atoms with Crippen LogP contribution in [0.1, 0.15) is 47.5 Å². The predicted octanol–water partition coefficient (Wildman–Crippen LogP) is 3.36. The Labute approximate surface area is 165 Å². The van der Waals surface area contributed by atoms with E-state index in [-0.39, 0.29) is 29.8 Å². The third-order valence-corrected chi connectivity index (χ3v) is 5.93. The Kier molecular flexibility index (Phi) is 5.33. The first-order chi connectivity index (χ1) is 13.7. The van der Waals surface area contributed by atoms with E-state index in [0.717, 1.165) is 30.6 Å². The van der Waals surface area contributed by atoms with Crippen LogP contribution in [-0.2, 0) is 4.79 Å². The van der Waals surface area contributed by atoms with Gasteiger partial charge in [-0.15, -0.1) is 0 Å². The molecule has 2 aromatic rings. The zero-order valence-electron chi connectivity index (χ0n) is 16.1. The van der Waals surface area contributed by atoms with Gasteiger partial charge in [0, 0.05) is 24.4 Å². The lowest BCUT2D eigenvalue weighted by molar-refractivity contribution is -0.122. The lowest BCUT2D eigenvalue weighted by Gasteiger charge is -2.31. The van der Waals surface area contributed by atoms with Gasteiger partial charge >= 0.3 is 0 Å². The van der Waals surface area contributed by atoms with Crippen molar-refractivity contribution in [3.63, 3.8) is 0 Å². The molecule has 0 aliphatic carbocycles. The molecule has 2 amide bonds. The number of nitrogens with zero attached hydrogens (tertiary/aromatic N) is 1. The van der Waals surface area contributed by atoms with Gasteiger partial charge in [0.1, 0.15) is 5.75 Å². The van der Waals surface area contributed by atoms with Gasteiger partial charge in [-0.05, 0) is 42.7 Å². The molecule has 2 fully saturated rings. The maximum absolute atomic E-state index is 13.3. The molecule has 0 aromatic heterocycles. The van der Waals surface area contributed by atoms with Gasteiger partial charge in [0.2, 0.25) is 5.91 Å². The second-order valence-electron chi connectivity index (χ2n) is 7.61. The Bertz CT molecular complexity index is 852. The van der Waals surface area contributed by atoms with E-state index in [0.29, 0.717) is 18.5 Å². The van der Waals surface area contributed by atoms with E-state index < -0.39 is 0 Å². The maximum atomic E-state index is 13.3. The van der Waals surface area contributed by atoms with Crippen LogP contribution in [0.2, 0.25) is 0 Å². The fraction of sp³-hybridized carbons (Fsp3) is 0.391. The molecule has 1 N–H and O–H groups in total. The number of ether oxygens (including phenoxy) is 1. The maximum Gasteiger partial charge on any atom is 0.254 e. The van der Waals surface area contributed by atoms with Crippen LogP contribution in [0.5, 0.6) is 5.75 Å². The minimum atomic E-state index is -0.0763. The number of benzene rings is 2. The highest BCUT2D eigenvalue weighted by Crippen LogP contribution is 2.37. The Balaban J connectivity index is 1.69. The normalized spacial score (nSPS) is 24.7. The number of nitrogens with one attached hydrogen (secondary N) is 1. The van der Waals surface area contributed by atoms with Crippen molar-refractivity contribution < 1.29 is 14.3 Å². The molecular weight excluding hydrogens is 352 g/mol. The molecule has 0 bridgehead atoms. The lowest BCUT2D eigenvalue weighted by atomic mass is 9.88. The van der Waals surface area contributed by atoms with E-state index in [1.165, 1.54) is 0 Å². The summed E-state index contributed by atoms with van der Waals surface area (Å²) in [7, 11) is 1.65. The third-order valence-electron chi connectivity index (χ3n) is 5.93. The van der Waals surface area contributed by atoms with Crippen LogP contribution < -0.4 is 10.1 Å². The van der Waals surface area contributed by atoms with Crippen LogP contribution in [0.3, 0.4) is 0 Å². The molecule has 4 rings (SSSR count). The monoisotopic (exact) mass is 378 g/mol. The molecule has 5 heteroatoms. The first kappa shape index (κ1) is 18.5. The van der Waals surface area contributed by atoms with Gasteiger partial charge in [0.25, 0.3) is 5.91 Å². The standard InChI is InChI=1S/C23H26N2O3/c1-28-18-11-7-10-17(14-18)19-15-25(23(27)16-8-3-2-4-9-16)20-12-5-6-13-21(26)24-22(19)20/h2-4,7-11,14,19-20,22H,5-6,12-13,15H2,1H3,(H,24,26)/t19-,20+,22-/m0/s1. The molecule has 0 spiro atoms. The number of likely N-dealkylation sites (tertiary alicyclic amines) is 1. The van der Waals surface area contributed by atoms with Crippen LogP contribution in [-0.4, -0.2) is 42.5 Å². The number of hydrogen-bond acceptors (Lipinski definition) is 3. The van der Waals surface area contributed by atoms with Crippen LogP contribution >= 0.6 is 0 Å². The van der Waals surface area contributed by atoms with Gasteiger partial charge < -0.3 is 15.0 Å². The van der Waals surface area contributed by atoms with Gasteiger partial charge in [-0.3, -0.25) is 9.59 Å². The summed E-state index contributed by atoms with van der Waals surface area (Å²) < 4.78 is 5.39. The van der Waals surface area contributed by atoms with E-state index in [1.54, 1.807) is 7.11 Å². The van der Waals surface area contributed by atoms with Crippen molar-refractivity contribution in [3.8, 4) is 5.75 Å². The van der Waals surface area contributed by atoms with Crippen molar-refractivity contribution in [2.75, 3.05) is 13.7 Å². The molecule has 2 aromatic carbocycles. The Morgan fingerprint density at radius 1 is 1.11 bits per heavy atom. The topological polar surface area (TPSA) is 58.6 Å². The second kappa shape index (κ2) is 8.05. The van der Waals surface area contributed by atoms with E-state index in [1.807, 2.05) is 53.4 Å². The molecule has 5 nitrogen and oxygen atoms in total. The highest BCUT2D eigenvalue weighted by atomic mass is 16.5. The van der Waals surface area contributed by atoms with Crippen LogP contribution in [0.4, 0.5) is 0 Å². The van der Waals surface area contributed by atoms with Gasteiger partial charge in [-0.25, -0.2) is 0 Å². The molecule has 0 unspecified atom stereocenters. The smallest absolute Gasteiger partial charge is 0.254 e. The fourth-order valence-electron chi connectivity index (χ4n) is 4.52. The first-order valence-electron chi connectivity index (χ1n) is 9.96. The summed E-state index contributed by atoms with van der Waals surface area (Å²) in [5, 5.41) is 3.23. The van der Waals surface area contributed by atoms with Crippen LogP contribution in [0.25, 0.3) is 0 Å². The minimum absolute atomic E-state index is 0.00755. The second-order valence-corrected chi connectivity index (χ2v) is 7.61. The molecule has 0 saturated carbocycles. The van der Waals surface area contributed by atoms with E-state index in [9.17, 15) is 9.59 Å². The number of amides is 2. The Hall–Kier alpha value is -2.82. The zero-order valence-corrected chi connectivity index (χ0v) is 16.1. The minimum Gasteiger partial charge on any atom is -0.497 e. The number of carbonyl (C=O) groups is 2. The average Bonchev–Trinajstić information content (AvgIpc) is 3.07. The van der Waals surface area contributed by atoms with Crippen molar-refractivity contribution >= 4 is 11.8 Å². The lowest BCUT2D eigenvalue weighted by Crippen LogP contribution is -2.48. The van der Waals surface area contributed by atoms with Gasteiger partial charge in [0.05, 0.1) is 19.2 Å². The summed E-state index contributed by atoms with van der Waals surface area (Å²) in [6.07, 6.45) is 3.29. The molecule has 2 heterocycles. The molecule has 3 atom stereocenters. The summed E-state index contributed by atoms with van der Waals surface area (Å²) in [6, 6.07) is 17.3. The van der Waals surface area contributed by atoms with E-state index >= 15 is 0 Å². The molecule has 2 aliphatic rings. The van der Waals surface area contributed by atoms with Gasteiger partial charge in [-0.1, -0.05) is 36.8 Å². The Morgan fingerprint density at radius 3 is 2.71 bits per heavy atom. The summed E-state index contributed by atoms with van der Waals surface area (Å²) in [5.74, 6) is 0.960. The quantitative estimate of drug-likeness (QED) is 0.891. The summed E-state index contributed by atoms with van der Waals surface area (Å²) in [5.41, 5.74) is 1.79. The predicted molar refractivity (Wildman–Crippen MR) is 107 cm³/mol. The zero-order chi connectivity index (χ0) is 19.5. The van der Waals surface area contributed by atoms with Crippen molar-refractivity contribution in [2.24, 2.45) is 0 Å². The summed E-state index contributed by atoms with van der Waals surface area (Å²) in [6.45, 7) is 0.594. The number of fused-ring (bicyclic) bond motifs is 1. The van der Waals surface area contributed by atoms with Crippen molar-refractivity contribution in [1.82, 2.24) is 10.2 Å².